The monoisotopic (exact) mass is 396 g/mol. The summed E-state index contributed by atoms with van der Waals surface area (Å²) in [5.41, 5.74) is 2.78. The van der Waals surface area contributed by atoms with Crippen LogP contribution in [0, 0.1) is 11.8 Å². The Morgan fingerprint density at radius 1 is 1.07 bits per heavy atom. The van der Waals surface area contributed by atoms with Crippen molar-refractivity contribution in [1.82, 2.24) is 14.5 Å². The molecule has 2 fully saturated rings. The molecule has 156 valence electrons. The fourth-order valence-electron chi connectivity index (χ4n) is 5.03. The number of amides is 2. The van der Waals surface area contributed by atoms with Crippen molar-refractivity contribution in [1.29, 1.82) is 0 Å². The van der Waals surface area contributed by atoms with Gasteiger partial charge in [0.05, 0.1) is 11.0 Å². The summed E-state index contributed by atoms with van der Waals surface area (Å²) < 4.78 is 2.22. The number of imidazole rings is 1. The van der Waals surface area contributed by atoms with E-state index in [0.717, 1.165) is 87.1 Å². The van der Waals surface area contributed by atoms with Gasteiger partial charge in [0, 0.05) is 43.6 Å². The van der Waals surface area contributed by atoms with Crippen LogP contribution >= 0.6 is 0 Å². The summed E-state index contributed by atoms with van der Waals surface area (Å²) in [6.07, 6.45) is 6.72. The summed E-state index contributed by atoms with van der Waals surface area (Å²) in [4.78, 5) is 32.8. The van der Waals surface area contributed by atoms with Gasteiger partial charge in [0.2, 0.25) is 11.8 Å². The lowest BCUT2D eigenvalue weighted by Gasteiger charge is -2.32. The van der Waals surface area contributed by atoms with E-state index >= 15 is 0 Å². The molecule has 2 amide bonds. The molecule has 1 N–H and O–H groups in total. The molecule has 2 aromatic rings. The van der Waals surface area contributed by atoms with E-state index in [0.29, 0.717) is 0 Å². The van der Waals surface area contributed by atoms with Crippen LogP contribution in [-0.2, 0) is 22.6 Å². The molecule has 1 saturated heterocycles. The van der Waals surface area contributed by atoms with Gasteiger partial charge in [-0.15, -0.1) is 0 Å². The van der Waals surface area contributed by atoms with Crippen LogP contribution in [-0.4, -0.2) is 39.4 Å². The largest absolute Gasteiger partial charge is 0.342 e. The first-order chi connectivity index (χ1) is 14.1. The molecule has 0 bridgehead atoms. The fraction of sp³-hybridized carbons (Fsp3) is 0.609. The highest BCUT2D eigenvalue weighted by Crippen LogP contribution is 2.33. The maximum atomic E-state index is 13.1. The summed E-state index contributed by atoms with van der Waals surface area (Å²) in [6, 6.07) is 5.95. The normalized spacial score (nSPS) is 22.2. The molecule has 0 radical (unpaired) electrons. The number of fused-ring (bicyclic) bond motifs is 1. The zero-order valence-electron chi connectivity index (χ0n) is 17.6. The topological polar surface area (TPSA) is 67.2 Å². The standard InChI is InChI=1S/C23H32N4O2/c1-3-21-25-19-15-16(11-12-20(19)27(21)4-2)24-22(28)17-9-5-6-10-18(17)23(29)26-13-7-8-14-26/h11-12,15,17-18H,3-10,13-14H2,1-2H3,(H,24,28)/t17-,18+/m0/s1. The predicted molar refractivity (Wildman–Crippen MR) is 115 cm³/mol. The number of carbonyl (C=O) groups excluding carboxylic acids is 2. The second-order valence-electron chi connectivity index (χ2n) is 8.35. The van der Waals surface area contributed by atoms with Gasteiger partial charge in [-0.1, -0.05) is 19.8 Å². The third-order valence-electron chi connectivity index (χ3n) is 6.56. The molecular weight excluding hydrogens is 364 g/mol. The molecule has 4 rings (SSSR count). The number of rotatable bonds is 5. The SMILES string of the molecule is CCc1nc2cc(NC(=O)[C@H]3CCCC[C@H]3C(=O)N3CCCC3)ccc2n1CC. The van der Waals surface area contributed by atoms with Crippen LogP contribution < -0.4 is 5.32 Å². The van der Waals surface area contributed by atoms with Gasteiger partial charge in [-0.25, -0.2) is 4.98 Å². The minimum absolute atomic E-state index is 0.0211. The lowest BCUT2D eigenvalue weighted by Crippen LogP contribution is -2.42. The number of anilines is 1. The third-order valence-corrected chi connectivity index (χ3v) is 6.56. The van der Waals surface area contributed by atoms with Gasteiger partial charge in [0.25, 0.3) is 0 Å². The maximum Gasteiger partial charge on any atom is 0.228 e. The van der Waals surface area contributed by atoms with Crippen molar-refractivity contribution in [3.63, 3.8) is 0 Å². The van der Waals surface area contributed by atoms with Crippen molar-refractivity contribution >= 4 is 28.5 Å². The third kappa shape index (κ3) is 3.89. The van der Waals surface area contributed by atoms with Gasteiger partial charge in [-0.05, 0) is 50.8 Å². The highest BCUT2D eigenvalue weighted by Gasteiger charge is 2.38. The van der Waals surface area contributed by atoms with Crippen molar-refractivity contribution in [2.24, 2.45) is 11.8 Å². The molecule has 2 heterocycles. The van der Waals surface area contributed by atoms with Crippen LogP contribution in [0.3, 0.4) is 0 Å². The minimum Gasteiger partial charge on any atom is -0.342 e. The molecule has 0 spiro atoms. The number of carbonyl (C=O) groups is 2. The van der Waals surface area contributed by atoms with Crippen LogP contribution in [0.25, 0.3) is 11.0 Å². The van der Waals surface area contributed by atoms with E-state index in [2.05, 4.69) is 23.7 Å². The van der Waals surface area contributed by atoms with Crippen molar-refractivity contribution in [2.45, 2.75) is 65.3 Å². The summed E-state index contributed by atoms with van der Waals surface area (Å²) >= 11 is 0. The quantitative estimate of drug-likeness (QED) is 0.831. The highest BCUT2D eigenvalue weighted by molar-refractivity contribution is 5.97. The second-order valence-corrected chi connectivity index (χ2v) is 8.35. The summed E-state index contributed by atoms with van der Waals surface area (Å²) in [5.74, 6) is 0.831. The molecule has 2 aliphatic rings. The average Bonchev–Trinajstić information content (AvgIpc) is 3.40. The Morgan fingerprint density at radius 3 is 2.48 bits per heavy atom. The second kappa shape index (κ2) is 8.56. The smallest absolute Gasteiger partial charge is 0.228 e. The molecule has 6 nitrogen and oxygen atoms in total. The van der Waals surface area contributed by atoms with Crippen molar-refractivity contribution in [3.05, 3.63) is 24.0 Å². The van der Waals surface area contributed by atoms with E-state index in [1.54, 1.807) is 0 Å². The molecule has 2 atom stereocenters. The Hall–Kier alpha value is -2.37. The molecule has 29 heavy (non-hydrogen) atoms. The molecular formula is C23H32N4O2. The molecule has 6 heteroatoms. The number of benzene rings is 1. The molecule has 0 unspecified atom stereocenters. The highest BCUT2D eigenvalue weighted by atomic mass is 16.2. The number of aromatic nitrogens is 2. The zero-order valence-corrected chi connectivity index (χ0v) is 17.6. The van der Waals surface area contributed by atoms with Crippen LogP contribution in [0.4, 0.5) is 5.69 Å². The maximum absolute atomic E-state index is 13.1. The number of hydrogen-bond donors (Lipinski definition) is 1. The number of aryl methyl sites for hydroxylation is 2. The van der Waals surface area contributed by atoms with E-state index in [9.17, 15) is 9.59 Å². The van der Waals surface area contributed by atoms with Gasteiger partial charge in [0.1, 0.15) is 5.82 Å². The Labute approximate surface area is 172 Å². The van der Waals surface area contributed by atoms with Crippen molar-refractivity contribution < 1.29 is 9.59 Å². The Bertz CT molecular complexity index is 898. The summed E-state index contributed by atoms with van der Waals surface area (Å²) in [5, 5.41) is 3.09. The van der Waals surface area contributed by atoms with Crippen molar-refractivity contribution in [2.75, 3.05) is 18.4 Å². The lowest BCUT2D eigenvalue weighted by molar-refractivity contribution is -0.141. The minimum atomic E-state index is -0.230. The first-order valence-electron chi connectivity index (χ1n) is 11.2. The van der Waals surface area contributed by atoms with E-state index in [4.69, 9.17) is 4.98 Å². The van der Waals surface area contributed by atoms with Crippen molar-refractivity contribution in [3.8, 4) is 0 Å². The van der Waals surface area contributed by atoms with Gasteiger partial charge in [-0.2, -0.15) is 0 Å². The number of nitrogens with one attached hydrogen (secondary N) is 1. The number of likely N-dealkylation sites (tertiary alicyclic amines) is 1. The first-order valence-corrected chi connectivity index (χ1v) is 11.2. The van der Waals surface area contributed by atoms with E-state index in [-0.39, 0.29) is 23.7 Å². The number of hydrogen-bond acceptors (Lipinski definition) is 3. The predicted octanol–water partition coefficient (Wildman–Crippen LogP) is 3.99. The fourth-order valence-corrected chi connectivity index (χ4v) is 5.03. The van der Waals surface area contributed by atoms with Gasteiger partial charge in [-0.3, -0.25) is 9.59 Å². The number of nitrogens with zero attached hydrogens (tertiary/aromatic N) is 3. The molecule has 1 aromatic carbocycles. The van der Waals surface area contributed by atoms with E-state index in [1.165, 1.54) is 0 Å². The molecule has 1 aromatic heterocycles. The van der Waals surface area contributed by atoms with Crippen LogP contribution in [0.2, 0.25) is 0 Å². The molecule has 1 aliphatic heterocycles. The van der Waals surface area contributed by atoms with Gasteiger partial charge >= 0.3 is 0 Å². The Balaban J connectivity index is 1.51. The average molecular weight is 397 g/mol. The molecule has 1 aliphatic carbocycles. The van der Waals surface area contributed by atoms with E-state index in [1.807, 2.05) is 23.1 Å². The Morgan fingerprint density at radius 2 is 1.79 bits per heavy atom. The first kappa shape index (κ1) is 19.9. The van der Waals surface area contributed by atoms with Crippen LogP contribution in [0.5, 0.6) is 0 Å². The Kier molecular flexibility index (Phi) is 5.88. The summed E-state index contributed by atoms with van der Waals surface area (Å²) in [6.45, 7) is 6.81. The van der Waals surface area contributed by atoms with E-state index < -0.39 is 0 Å². The van der Waals surface area contributed by atoms with Gasteiger partial charge in [0.15, 0.2) is 0 Å². The van der Waals surface area contributed by atoms with Crippen LogP contribution in [0.15, 0.2) is 18.2 Å². The van der Waals surface area contributed by atoms with Gasteiger partial charge < -0.3 is 14.8 Å². The zero-order chi connectivity index (χ0) is 20.4. The lowest BCUT2D eigenvalue weighted by atomic mass is 9.77. The van der Waals surface area contributed by atoms with Crippen LogP contribution in [0.1, 0.15) is 58.2 Å². The summed E-state index contributed by atoms with van der Waals surface area (Å²) in [7, 11) is 0. The molecule has 1 saturated carbocycles.